The second kappa shape index (κ2) is 6.77. The Morgan fingerprint density at radius 3 is 2.76 bits per heavy atom. The van der Waals surface area contributed by atoms with Gasteiger partial charge in [0.2, 0.25) is 0 Å². The van der Waals surface area contributed by atoms with E-state index in [2.05, 4.69) is 30.0 Å². The van der Waals surface area contributed by atoms with Gasteiger partial charge in [-0.1, -0.05) is 5.16 Å². The van der Waals surface area contributed by atoms with E-state index in [1.54, 1.807) is 17.2 Å². The summed E-state index contributed by atoms with van der Waals surface area (Å²) in [6, 6.07) is 1.98. The molecule has 3 aromatic rings. The van der Waals surface area contributed by atoms with Crippen molar-refractivity contribution in [1.82, 2.24) is 29.8 Å². The Morgan fingerprint density at radius 1 is 1.20 bits per heavy atom. The minimum absolute atomic E-state index is 0.0376. The zero-order valence-corrected chi connectivity index (χ0v) is 14.2. The molecule has 1 fully saturated rings. The third-order valence-corrected chi connectivity index (χ3v) is 4.45. The molecule has 1 aliphatic rings. The summed E-state index contributed by atoms with van der Waals surface area (Å²) in [6.45, 7) is 6.80. The van der Waals surface area contributed by atoms with Gasteiger partial charge in [0.15, 0.2) is 11.4 Å². The van der Waals surface area contributed by atoms with Crippen LogP contribution in [0.1, 0.15) is 11.5 Å². The van der Waals surface area contributed by atoms with Crippen LogP contribution in [0, 0.1) is 6.92 Å². The van der Waals surface area contributed by atoms with Crippen molar-refractivity contribution in [3.63, 3.8) is 0 Å². The molecule has 9 heteroatoms. The average Bonchev–Trinajstić information content (AvgIpc) is 3.22. The number of fused-ring (bicyclic) bond motifs is 1. The van der Waals surface area contributed by atoms with Crippen LogP contribution in [0.25, 0.3) is 11.0 Å². The van der Waals surface area contributed by atoms with Crippen LogP contribution >= 0.6 is 0 Å². The van der Waals surface area contributed by atoms with Crippen LogP contribution in [-0.2, 0) is 13.1 Å². The van der Waals surface area contributed by atoms with Crippen LogP contribution < -0.4 is 4.90 Å². The molecule has 1 saturated heterocycles. The Kier molecular flexibility index (Phi) is 4.33. The van der Waals surface area contributed by atoms with Crippen molar-refractivity contribution in [2.45, 2.75) is 20.0 Å². The van der Waals surface area contributed by atoms with E-state index >= 15 is 0 Å². The zero-order chi connectivity index (χ0) is 17.2. The van der Waals surface area contributed by atoms with E-state index in [-0.39, 0.29) is 6.61 Å². The molecule has 4 rings (SSSR count). The van der Waals surface area contributed by atoms with E-state index in [1.807, 2.05) is 13.0 Å². The monoisotopic (exact) mass is 343 g/mol. The topological polar surface area (TPSA) is 96.3 Å². The average molecular weight is 343 g/mol. The fourth-order valence-electron chi connectivity index (χ4n) is 3.22. The van der Waals surface area contributed by atoms with Crippen molar-refractivity contribution in [3.8, 4) is 0 Å². The van der Waals surface area contributed by atoms with Gasteiger partial charge in [0.05, 0.1) is 37.0 Å². The SMILES string of the molecule is Cc1cc(CN2CCN(c3ncnc4c3cnn4CCO)CC2)on1. The maximum Gasteiger partial charge on any atom is 0.163 e. The Labute approximate surface area is 144 Å². The molecule has 3 aromatic heterocycles. The number of anilines is 1. The molecular weight excluding hydrogens is 322 g/mol. The predicted molar refractivity (Wildman–Crippen MR) is 91.1 cm³/mol. The number of hydrogen-bond donors (Lipinski definition) is 1. The molecule has 25 heavy (non-hydrogen) atoms. The fourth-order valence-corrected chi connectivity index (χ4v) is 3.22. The number of aliphatic hydroxyl groups excluding tert-OH is 1. The summed E-state index contributed by atoms with van der Waals surface area (Å²) in [7, 11) is 0. The molecule has 132 valence electrons. The second-order valence-electron chi connectivity index (χ2n) is 6.22. The Balaban J connectivity index is 1.46. The van der Waals surface area contributed by atoms with Crippen LogP contribution in [0.5, 0.6) is 0 Å². The molecule has 0 aromatic carbocycles. The van der Waals surface area contributed by atoms with Gasteiger partial charge in [0.1, 0.15) is 12.1 Å². The first-order valence-electron chi connectivity index (χ1n) is 8.41. The van der Waals surface area contributed by atoms with Gasteiger partial charge in [-0.2, -0.15) is 5.10 Å². The quantitative estimate of drug-likeness (QED) is 0.713. The number of hydrogen-bond acceptors (Lipinski definition) is 8. The van der Waals surface area contributed by atoms with Crippen LogP contribution in [0.4, 0.5) is 5.82 Å². The predicted octanol–water partition coefficient (Wildman–Crippen LogP) is 0.437. The van der Waals surface area contributed by atoms with Crippen molar-refractivity contribution in [1.29, 1.82) is 0 Å². The van der Waals surface area contributed by atoms with Crippen molar-refractivity contribution in [2.24, 2.45) is 0 Å². The molecular formula is C16H21N7O2. The molecule has 0 aliphatic carbocycles. The number of nitrogens with zero attached hydrogens (tertiary/aromatic N) is 7. The van der Waals surface area contributed by atoms with E-state index in [0.717, 1.165) is 61.0 Å². The maximum absolute atomic E-state index is 9.14. The summed E-state index contributed by atoms with van der Waals surface area (Å²) in [5.74, 6) is 1.81. The summed E-state index contributed by atoms with van der Waals surface area (Å²) in [5.41, 5.74) is 1.68. The number of aromatic nitrogens is 5. The van der Waals surface area contributed by atoms with Crippen molar-refractivity contribution in [3.05, 3.63) is 30.0 Å². The number of aryl methyl sites for hydroxylation is 1. The lowest BCUT2D eigenvalue weighted by Gasteiger charge is -2.34. The number of rotatable bonds is 5. The number of aliphatic hydroxyl groups is 1. The fraction of sp³-hybridized carbons (Fsp3) is 0.500. The van der Waals surface area contributed by atoms with Gasteiger partial charge in [0.25, 0.3) is 0 Å². The molecule has 0 spiro atoms. The minimum atomic E-state index is 0.0376. The molecule has 0 bridgehead atoms. The van der Waals surface area contributed by atoms with E-state index in [1.165, 1.54) is 0 Å². The summed E-state index contributed by atoms with van der Waals surface area (Å²) < 4.78 is 7.02. The summed E-state index contributed by atoms with van der Waals surface area (Å²) >= 11 is 0. The highest BCUT2D eigenvalue weighted by molar-refractivity contribution is 5.86. The van der Waals surface area contributed by atoms with E-state index in [4.69, 9.17) is 9.63 Å². The Bertz CT molecular complexity index is 851. The van der Waals surface area contributed by atoms with Crippen LogP contribution in [0.2, 0.25) is 0 Å². The van der Waals surface area contributed by atoms with Gasteiger partial charge >= 0.3 is 0 Å². The van der Waals surface area contributed by atoms with Gasteiger partial charge in [-0.15, -0.1) is 0 Å². The minimum Gasteiger partial charge on any atom is -0.394 e. The first-order valence-corrected chi connectivity index (χ1v) is 8.41. The van der Waals surface area contributed by atoms with Gasteiger partial charge in [-0.25, -0.2) is 14.6 Å². The van der Waals surface area contributed by atoms with Gasteiger partial charge < -0.3 is 14.5 Å². The van der Waals surface area contributed by atoms with Crippen LogP contribution in [0.15, 0.2) is 23.1 Å². The van der Waals surface area contributed by atoms with Gasteiger partial charge in [-0.3, -0.25) is 4.90 Å². The normalized spacial score (nSPS) is 16.0. The largest absolute Gasteiger partial charge is 0.394 e. The third kappa shape index (κ3) is 3.20. The van der Waals surface area contributed by atoms with Crippen molar-refractivity contribution in [2.75, 3.05) is 37.7 Å². The Hall–Kier alpha value is -2.52. The highest BCUT2D eigenvalue weighted by atomic mass is 16.5. The number of piperazine rings is 1. The van der Waals surface area contributed by atoms with Gasteiger partial charge in [0, 0.05) is 32.2 Å². The summed E-state index contributed by atoms with van der Waals surface area (Å²) in [5, 5.41) is 18.3. The van der Waals surface area contributed by atoms with Crippen LogP contribution in [0.3, 0.4) is 0 Å². The van der Waals surface area contributed by atoms with Crippen LogP contribution in [-0.4, -0.2) is 67.7 Å². The highest BCUT2D eigenvalue weighted by Gasteiger charge is 2.22. The summed E-state index contributed by atoms with van der Waals surface area (Å²) in [4.78, 5) is 13.4. The molecule has 0 atom stereocenters. The molecule has 9 nitrogen and oxygen atoms in total. The van der Waals surface area contributed by atoms with E-state index in [0.29, 0.717) is 6.54 Å². The molecule has 0 amide bonds. The first-order chi connectivity index (χ1) is 12.2. The second-order valence-corrected chi connectivity index (χ2v) is 6.22. The molecule has 1 N–H and O–H groups in total. The molecule has 0 radical (unpaired) electrons. The lowest BCUT2D eigenvalue weighted by molar-refractivity contribution is 0.219. The Morgan fingerprint density at radius 2 is 2.04 bits per heavy atom. The van der Waals surface area contributed by atoms with E-state index < -0.39 is 0 Å². The molecule has 0 saturated carbocycles. The molecule has 0 unspecified atom stereocenters. The van der Waals surface area contributed by atoms with Gasteiger partial charge in [-0.05, 0) is 6.92 Å². The third-order valence-electron chi connectivity index (χ3n) is 4.45. The van der Waals surface area contributed by atoms with E-state index in [9.17, 15) is 0 Å². The smallest absolute Gasteiger partial charge is 0.163 e. The molecule has 1 aliphatic heterocycles. The highest BCUT2D eigenvalue weighted by Crippen LogP contribution is 2.24. The standard InChI is InChI=1S/C16H21N7O2/c1-12-8-13(25-20-12)10-21-2-4-22(5-3-21)15-14-9-19-23(6-7-24)16(14)18-11-17-15/h8-9,11,24H,2-7,10H2,1H3. The zero-order valence-electron chi connectivity index (χ0n) is 14.2. The maximum atomic E-state index is 9.14. The first kappa shape index (κ1) is 16.0. The molecule has 4 heterocycles. The summed E-state index contributed by atoms with van der Waals surface area (Å²) in [6.07, 6.45) is 3.35. The lowest BCUT2D eigenvalue weighted by atomic mass is 10.2. The lowest BCUT2D eigenvalue weighted by Crippen LogP contribution is -2.46. The van der Waals surface area contributed by atoms with Crippen molar-refractivity contribution < 1.29 is 9.63 Å². The van der Waals surface area contributed by atoms with Crippen molar-refractivity contribution >= 4 is 16.9 Å².